The third kappa shape index (κ3) is 17.2. The molecule has 0 saturated heterocycles. The predicted molar refractivity (Wildman–Crippen MR) is 266 cm³/mol. The molecule has 1 aliphatic carbocycles. The molecule has 26 heteroatoms. The van der Waals surface area contributed by atoms with Crippen molar-refractivity contribution in [2.24, 2.45) is 28.3 Å². The summed E-state index contributed by atoms with van der Waals surface area (Å²) in [5, 5.41) is 67.1. The van der Waals surface area contributed by atoms with E-state index in [9.17, 15) is 63.6 Å². The highest BCUT2D eigenvalue weighted by Gasteiger charge is 2.36. The Balaban J connectivity index is 1.67. The van der Waals surface area contributed by atoms with Crippen LogP contribution in [0.25, 0.3) is 11.1 Å². The summed E-state index contributed by atoms with van der Waals surface area (Å²) in [6.07, 6.45) is -2.30. The van der Waals surface area contributed by atoms with Gasteiger partial charge < -0.3 is 84.3 Å². The van der Waals surface area contributed by atoms with Crippen LogP contribution in [0.15, 0.2) is 65.8 Å². The third-order valence-corrected chi connectivity index (χ3v) is 12.0. The van der Waals surface area contributed by atoms with E-state index < -0.39 is 139 Å². The number of alkyl carbamates (subject to hydrolysis) is 1. The predicted octanol–water partition coefficient (Wildman–Crippen LogP) is -3.37. The molecule has 0 saturated carbocycles. The lowest BCUT2D eigenvalue weighted by molar-refractivity contribution is -0.144. The Labute approximate surface area is 426 Å². The molecule has 0 heterocycles. The summed E-state index contributed by atoms with van der Waals surface area (Å²) >= 11 is 0. The molecule has 2 aromatic rings. The maximum Gasteiger partial charge on any atom is 0.407 e. The van der Waals surface area contributed by atoms with Gasteiger partial charge in [0.15, 0.2) is 5.96 Å². The van der Waals surface area contributed by atoms with E-state index in [1.807, 2.05) is 53.8 Å². The topological polar surface area (TPSA) is 425 Å². The molecular formula is C48H69N11O15. The molecule has 17 N–H and O–H groups in total. The second kappa shape index (κ2) is 29.1. The lowest BCUT2D eigenvalue weighted by atomic mass is 9.97. The molecule has 0 fully saturated rings. The minimum Gasteiger partial charge on any atom is -0.480 e. The fourth-order valence-electron chi connectivity index (χ4n) is 7.59. The summed E-state index contributed by atoms with van der Waals surface area (Å²) in [6.45, 7) is 8.07. The van der Waals surface area contributed by atoms with Crippen LogP contribution < -0.4 is 54.0 Å². The largest absolute Gasteiger partial charge is 0.480 e. The Hall–Kier alpha value is -7.68. The Morgan fingerprint density at radius 3 is 1.62 bits per heavy atom. The van der Waals surface area contributed by atoms with E-state index in [4.69, 9.17) is 21.3 Å². The summed E-state index contributed by atoms with van der Waals surface area (Å²) in [5.41, 5.74) is 14.1. The lowest BCUT2D eigenvalue weighted by Crippen LogP contribution is -2.61. The van der Waals surface area contributed by atoms with Crippen LogP contribution in [0, 0.1) is 11.8 Å². The van der Waals surface area contributed by atoms with Crippen LogP contribution >= 0.6 is 0 Å². The van der Waals surface area contributed by atoms with Gasteiger partial charge in [-0.05, 0) is 53.9 Å². The fraction of sp³-hybridized carbons (Fsp3) is 0.500. The number of amides is 8. The molecule has 0 aromatic heterocycles. The first-order chi connectivity index (χ1) is 35.0. The van der Waals surface area contributed by atoms with Gasteiger partial charge in [0.2, 0.25) is 35.4 Å². The van der Waals surface area contributed by atoms with E-state index in [2.05, 4.69) is 48.8 Å². The summed E-state index contributed by atoms with van der Waals surface area (Å²) in [6, 6.07) is 4.24. The van der Waals surface area contributed by atoms with Crippen LogP contribution in [0.4, 0.5) is 4.79 Å². The SMILES string of the molecule is C=C(NC(=O)[C@@H](NC(=O)[C@H](CO)NC(=O)[C@@H](NC(=O)OCC1c2ccccc2-c2ccccc21)[C@@H](C)CC)C(C)C)C(=O)N[C@@H](CCCN=C(N)N)C(=O)N[C@@H](CO)C(=O)N[C@H](C(=O)N[C@@H](CO)C(=O)O)[C@@H](C)O. The van der Waals surface area contributed by atoms with Crippen LogP contribution in [0.3, 0.4) is 0 Å². The first kappa shape index (κ1) is 60.6. The summed E-state index contributed by atoms with van der Waals surface area (Å²) < 4.78 is 5.65. The highest BCUT2D eigenvalue weighted by molar-refractivity contribution is 6.02. The minimum absolute atomic E-state index is 0.0317. The van der Waals surface area contributed by atoms with Gasteiger partial charge in [-0.1, -0.05) is 89.2 Å². The van der Waals surface area contributed by atoms with E-state index in [1.54, 1.807) is 27.7 Å². The van der Waals surface area contributed by atoms with Gasteiger partial charge in [0.25, 0.3) is 5.91 Å². The molecule has 74 heavy (non-hydrogen) atoms. The number of carboxylic acids is 1. The first-order valence-electron chi connectivity index (χ1n) is 23.7. The van der Waals surface area contributed by atoms with Crippen LogP contribution in [0.1, 0.15) is 70.9 Å². The van der Waals surface area contributed by atoms with E-state index in [1.165, 1.54) is 0 Å². The van der Waals surface area contributed by atoms with Crippen molar-refractivity contribution >= 4 is 59.4 Å². The molecule has 406 valence electrons. The maximum atomic E-state index is 13.7. The number of nitrogens with zero attached hydrogens (tertiary/aromatic N) is 1. The lowest BCUT2D eigenvalue weighted by Gasteiger charge is -2.28. The Bertz CT molecular complexity index is 2330. The number of hydrogen-bond donors (Lipinski definition) is 15. The molecule has 1 aliphatic rings. The van der Waals surface area contributed by atoms with Gasteiger partial charge in [-0.25, -0.2) is 9.59 Å². The van der Waals surface area contributed by atoms with Crippen LogP contribution in [0.2, 0.25) is 0 Å². The standard InChI is InChI=1S/C48H69N11O15/c1-7-24(4)37(59-48(73)74-22-31-29-15-10-8-13-27(29)28-14-9-11-16-30(28)31)44(69)55-34(20-61)41(66)57-36(23(2)3)43(68)52-25(5)39(64)53-32(17-12-18-51-47(49)50)40(65)54-33(19-60)42(67)58-38(26(6)63)45(70)56-35(21-62)46(71)72/h8-11,13-16,23-24,26,31-38,60-63H,5,7,12,17-22H2,1-4,6H3,(H,52,68)(H,53,64)(H,54,65)(H,55,69)(H,56,70)(H,57,66)(H,58,67)(H,59,73)(H,71,72)(H4,49,50,51)/t24-,26+,32-,33-,34-,35-,36-,37-,38-/m0/s1. The van der Waals surface area contributed by atoms with E-state index in [0.717, 1.165) is 29.2 Å². The normalized spacial score (nSPS) is 15.3. The fourth-order valence-corrected chi connectivity index (χ4v) is 7.59. The number of nitrogens with two attached hydrogens (primary N) is 2. The second-order valence-corrected chi connectivity index (χ2v) is 17.8. The maximum absolute atomic E-state index is 13.7. The van der Waals surface area contributed by atoms with E-state index in [0.29, 0.717) is 6.42 Å². The number of aliphatic imine (C=N–C) groups is 1. The van der Waals surface area contributed by atoms with Gasteiger partial charge in [-0.2, -0.15) is 0 Å². The van der Waals surface area contributed by atoms with Crippen molar-refractivity contribution in [3.8, 4) is 11.1 Å². The zero-order valence-electron chi connectivity index (χ0n) is 41.8. The molecule has 26 nitrogen and oxygen atoms in total. The number of aliphatic hydroxyl groups is 4. The van der Waals surface area contributed by atoms with Crippen LogP contribution in [-0.4, -0.2) is 166 Å². The number of benzene rings is 2. The minimum atomic E-state index is -1.83. The molecule has 3 rings (SSSR count). The number of ether oxygens (including phenoxy) is 1. The Kier molecular flexibility index (Phi) is 23.9. The quantitative estimate of drug-likeness (QED) is 0.0164. The van der Waals surface area contributed by atoms with Crippen molar-refractivity contribution < 1.29 is 73.4 Å². The van der Waals surface area contributed by atoms with E-state index >= 15 is 0 Å². The van der Waals surface area contributed by atoms with Gasteiger partial charge in [0.05, 0.1) is 31.6 Å². The average Bonchev–Trinajstić information content (AvgIpc) is 3.68. The second-order valence-electron chi connectivity index (χ2n) is 17.8. The third-order valence-electron chi connectivity index (χ3n) is 12.0. The number of carbonyl (C=O) groups is 9. The van der Waals surface area contributed by atoms with Crippen molar-refractivity contribution in [3.63, 3.8) is 0 Å². The number of carboxylic acid groups (broad SMARTS) is 1. The molecular weight excluding hydrogens is 971 g/mol. The molecule has 8 amide bonds. The number of rotatable bonds is 29. The summed E-state index contributed by atoms with van der Waals surface area (Å²) in [4.78, 5) is 122. The highest BCUT2D eigenvalue weighted by atomic mass is 16.5. The van der Waals surface area contributed by atoms with Crippen molar-refractivity contribution in [2.75, 3.05) is 33.0 Å². The molecule has 0 aliphatic heterocycles. The molecule has 0 unspecified atom stereocenters. The smallest absolute Gasteiger partial charge is 0.407 e. The molecule has 0 bridgehead atoms. The average molecular weight is 1040 g/mol. The number of carbonyl (C=O) groups excluding carboxylic acids is 8. The van der Waals surface area contributed by atoms with Crippen LogP contribution in [-0.2, 0) is 43.1 Å². The van der Waals surface area contributed by atoms with Gasteiger partial charge >= 0.3 is 12.1 Å². The Morgan fingerprint density at radius 2 is 1.14 bits per heavy atom. The van der Waals surface area contributed by atoms with Crippen molar-refractivity contribution in [3.05, 3.63) is 71.9 Å². The van der Waals surface area contributed by atoms with Gasteiger partial charge in [0, 0.05) is 12.5 Å². The van der Waals surface area contributed by atoms with Crippen molar-refractivity contribution in [2.45, 2.75) is 108 Å². The zero-order chi connectivity index (χ0) is 55.4. The zero-order valence-corrected chi connectivity index (χ0v) is 41.8. The summed E-state index contributed by atoms with van der Waals surface area (Å²) in [5.74, 6) is -10.8. The van der Waals surface area contributed by atoms with Gasteiger partial charge in [-0.3, -0.25) is 38.6 Å². The number of nitrogens with one attached hydrogen (secondary N) is 8. The number of fused-ring (bicyclic) bond motifs is 3. The number of aliphatic carboxylic acids is 1. The number of guanidine groups is 1. The molecule has 2 aromatic carbocycles. The Morgan fingerprint density at radius 1 is 0.649 bits per heavy atom. The molecule has 0 spiro atoms. The van der Waals surface area contributed by atoms with Crippen LogP contribution in [0.5, 0.6) is 0 Å². The van der Waals surface area contributed by atoms with Gasteiger partial charge in [0.1, 0.15) is 48.9 Å². The monoisotopic (exact) mass is 1040 g/mol. The van der Waals surface area contributed by atoms with Crippen molar-refractivity contribution in [1.29, 1.82) is 0 Å². The number of hydrogen-bond acceptors (Lipinski definition) is 15. The van der Waals surface area contributed by atoms with Gasteiger partial charge in [-0.15, -0.1) is 0 Å². The highest BCUT2D eigenvalue weighted by Crippen LogP contribution is 2.44. The van der Waals surface area contributed by atoms with Crippen molar-refractivity contribution in [1.82, 2.24) is 42.5 Å². The molecule has 0 radical (unpaired) electrons. The number of aliphatic hydroxyl groups excluding tert-OH is 4. The van der Waals surface area contributed by atoms with E-state index in [-0.39, 0.29) is 37.9 Å². The molecule has 9 atom stereocenters. The first-order valence-corrected chi connectivity index (χ1v) is 23.7. The summed E-state index contributed by atoms with van der Waals surface area (Å²) in [7, 11) is 0.